The number of aryl methyl sites for hydroxylation is 1. The van der Waals surface area contributed by atoms with Crippen LogP contribution < -0.4 is 5.73 Å². The quantitative estimate of drug-likeness (QED) is 0.185. The minimum Gasteiger partial charge on any atom is -0.398 e. The third-order valence-electron chi connectivity index (χ3n) is 5.15. The zero-order chi connectivity index (χ0) is 20.6. The molecule has 0 bridgehead atoms. The molecule has 3 N–H and O–H groups in total. The third-order valence-corrected chi connectivity index (χ3v) is 5.42. The first-order valence-electron chi connectivity index (χ1n) is 10.0. The van der Waals surface area contributed by atoms with Crippen molar-refractivity contribution in [1.29, 1.82) is 5.41 Å². The van der Waals surface area contributed by atoms with Crippen LogP contribution >= 0.6 is 11.6 Å². The molecule has 0 fully saturated rings. The van der Waals surface area contributed by atoms with E-state index in [1.807, 2.05) is 18.2 Å². The van der Waals surface area contributed by atoms with Gasteiger partial charge >= 0.3 is 0 Å². The van der Waals surface area contributed by atoms with Crippen LogP contribution in [0.1, 0.15) is 47.6 Å². The second kappa shape index (κ2) is 10.1. The fourth-order valence-corrected chi connectivity index (χ4v) is 3.78. The summed E-state index contributed by atoms with van der Waals surface area (Å²) in [5.74, 6) is 0.679. The third kappa shape index (κ3) is 4.96. The highest BCUT2D eigenvalue weighted by atomic mass is 35.5. The van der Waals surface area contributed by atoms with E-state index in [0.29, 0.717) is 11.6 Å². The van der Waals surface area contributed by atoms with Crippen molar-refractivity contribution >= 4 is 34.6 Å². The van der Waals surface area contributed by atoms with E-state index in [1.165, 1.54) is 34.1 Å². The fourth-order valence-electron chi connectivity index (χ4n) is 3.64. The Morgan fingerprint density at radius 1 is 0.931 bits per heavy atom. The molecule has 3 rings (SSSR count). The van der Waals surface area contributed by atoms with Gasteiger partial charge in [-0.3, -0.25) is 0 Å². The van der Waals surface area contributed by atoms with Gasteiger partial charge < -0.3 is 11.1 Å². The van der Waals surface area contributed by atoms with E-state index in [9.17, 15) is 0 Å². The van der Waals surface area contributed by atoms with Gasteiger partial charge in [-0.15, -0.1) is 11.6 Å². The zero-order valence-electron chi connectivity index (χ0n) is 16.8. The van der Waals surface area contributed by atoms with Crippen LogP contribution in [0.5, 0.6) is 0 Å². The molecule has 0 amide bonds. The molecule has 0 aliphatic carbocycles. The monoisotopic (exact) mass is 402 g/mol. The van der Waals surface area contributed by atoms with E-state index in [4.69, 9.17) is 22.7 Å². The summed E-state index contributed by atoms with van der Waals surface area (Å²) in [4.78, 5) is 0. The average molecular weight is 403 g/mol. The SMILES string of the molecule is CC/C(=C(/c1ccc(CCCCl)cc1)c1ccc(N)c(C=N)c1)c1ccccc1. The Bertz CT molecular complexity index is 989. The number of nitrogens with two attached hydrogens (primary N) is 1. The highest BCUT2D eigenvalue weighted by Crippen LogP contribution is 2.35. The first-order valence-corrected chi connectivity index (χ1v) is 10.6. The highest BCUT2D eigenvalue weighted by Gasteiger charge is 2.14. The topological polar surface area (TPSA) is 49.9 Å². The molecule has 0 saturated heterocycles. The lowest BCUT2D eigenvalue weighted by Gasteiger charge is -2.17. The summed E-state index contributed by atoms with van der Waals surface area (Å²) >= 11 is 5.85. The molecule has 3 aromatic rings. The van der Waals surface area contributed by atoms with Gasteiger partial charge in [0.05, 0.1) is 0 Å². The standard InChI is InChI=1S/C26H27ClN2/c1-2-24(20-8-4-3-5-9-20)26(22-14-15-25(29)23(17-22)18-28)21-12-10-19(11-13-21)7-6-16-27/h3-5,8-15,17-18,28H,2,6-7,16,29H2,1H3/b26-24+,28-18?. The number of alkyl halides is 1. The van der Waals surface area contributed by atoms with Crippen molar-refractivity contribution in [1.82, 2.24) is 0 Å². The molecule has 29 heavy (non-hydrogen) atoms. The van der Waals surface area contributed by atoms with Gasteiger partial charge in [-0.2, -0.15) is 0 Å². The minimum absolute atomic E-state index is 0.622. The summed E-state index contributed by atoms with van der Waals surface area (Å²) in [6.07, 6.45) is 4.19. The van der Waals surface area contributed by atoms with Crippen LogP contribution in [0.15, 0.2) is 72.8 Å². The maximum absolute atomic E-state index is 7.70. The summed E-state index contributed by atoms with van der Waals surface area (Å²) in [5.41, 5.74) is 14.6. The normalized spacial score (nSPS) is 11.8. The predicted molar refractivity (Wildman–Crippen MR) is 127 cm³/mol. The van der Waals surface area contributed by atoms with E-state index in [2.05, 4.69) is 61.5 Å². The second-order valence-corrected chi connectivity index (χ2v) is 7.43. The molecule has 0 atom stereocenters. The number of anilines is 1. The minimum atomic E-state index is 0.622. The van der Waals surface area contributed by atoms with Crippen LogP contribution in [-0.4, -0.2) is 12.1 Å². The number of nitrogens with one attached hydrogen (secondary N) is 1. The molecule has 0 aliphatic rings. The van der Waals surface area contributed by atoms with Crippen molar-refractivity contribution < 1.29 is 0 Å². The molecule has 0 radical (unpaired) electrons. The molecule has 0 heterocycles. The van der Waals surface area contributed by atoms with Gasteiger partial charge in [-0.1, -0.05) is 67.6 Å². The molecule has 148 valence electrons. The Labute approximate surface area is 178 Å². The lowest BCUT2D eigenvalue weighted by molar-refractivity contribution is 0.928. The number of benzene rings is 3. The van der Waals surface area contributed by atoms with Gasteiger partial charge in [0, 0.05) is 23.3 Å². The molecule has 2 nitrogen and oxygen atoms in total. The summed E-state index contributed by atoms with van der Waals surface area (Å²) in [7, 11) is 0. The number of allylic oxidation sites excluding steroid dienone is 1. The van der Waals surface area contributed by atoms with Gasteiger partial charge in [0.1, 0.15) is 0 Å². The number of halogens is 1. The molecular formula is C26H27ClN2. The number of hydrogen-bond acceptors (Lipinski definition) is 2. The van der Waals surface area contributed by atoms with Crippen molar-refractivity contribution in [2.24, 2.45) is 0 Å². The van der Waals surface area contributed by atoms with Gasteiger partial charge in [0.2, 0.25) is 0 Å². The van der Waals surface area contributed by atoms with Crippen molar-refractivity contribution in [3.63, 3.8) is 0 Å². The van der Waals surface area contributed by atoms with Gasteiger partial charge in [0.15, 0.2) is 0 Å². The molecule has 0 saturated carbocycles. The fraction of sp³-hybridized carbons (Fsp3) is 0.192. The van der Waals surface area contributed by atoms with E-state index < -0.39 is 0 Å². The molecule has 3 aromatic carbocycles. The molecule has 3 heteroatoms. The van der Waals surface area contributed by atoms with Crippen LogP contribution in [0.2, 0.25) is 0 Å². The number of rotatable bonds is 8. The smallest absolute Gasteiger partial charge is 0.0403 e. The summed E-state index contributed by atoms with van der Waals surface area (Å²) < 4.78 is 0. The second-order valence-electron chi connectivity index (χ2n) is 7.05. The average Bonchev–Trinajstić information content (AvgIpc) is 2.77. The van der Waals surface area contributed by atoms with Crippen molar-refractivity contribution in [2.75, 3.05) is 11.6 Å². The highest BCUT2D eigenvalue weighted by molar-refractivity contribution is 6.17. The molecule has 0 aromatic heterocycles. The number of hydrogen-bond donors (Lipinski definition) is 2. The van der Waals surface area contributed by atoms with Crippen molar-refractivity contribution in [3.8, 4) is 0 Å². The maximum atomic E-state index is 7.70. The van der Waals surface area contributed by atoms with Crippen molar-refractivity contribution in [3.05, 3.63) is 101 Å². The van der Waals surface area contributed by atoms with E-state index in [-0.39, 0.29) is 0 Å². The molecule has 0 aliphatic heterocycles. The van der Waals surface area contributed by atoms with Gasteiger partial charge in [-0.25, -0.2) is 0 Å². The van der Waals surface area contributed by atoms with Crippen LogP contribution in [0.25, 0.3) is 11.1 Å². The van der Waals surface area contributed by atoms with Crippen LogP contribution in [0, 0.1) is 5.41 Å². The Kier molecular flexibility index (Phi) is 7.26. The predicted octanol–water partition coefficient (Wildman–Crippen LogP) is 6.81. The lowest BCUT2D eigenvalue weighted by atomic mass is 9.87. The van der Waals surface area contributed by atoms with E-state index >= 15 is 0 Å². The van der Waals surface area contributed by atoms with E-state index in [1.54, 1.807) is 0 Å². The lowest BCUT2D eigenvalue weighted by Crippen LogP contribution is -1.99. The molecular weight excluding hydrogens is 376 g/mol. The molecule has 0 spiro atoms. The zero-order valence-corrected chi connectivity index (χ0v) is 17.5. The van der Waals surface area contributed by atoms with Gasteiger partial charge in [-0.05, 0) is 64.8 Å². The Morgan fingerprint density at radius 2 is 1.62 bits per heavy atom. The summed E-state index contributed by atoms with van der Waals surface area (Å²) in [6, 6.07) is 25.2. The number of nitrogen functional groups attached to an aromatic ring is 1. The van der Waals surface area contributed by atoms with E-state index in [0.717, 1.165) is 30.4 Å². The van der Waals surface area contributed by atoms with Crippen LogP contribution in [0.3, 0.4) is 0 Å². The first kappa shape index (κ1) is 20.9. The Balaban J connectivity index is 2.19. The van der Waals surface area contributed by atoms with Gasteiger partial charge in [0.25, 0.3) is 0 Å². The van der Waals surface area contributed by atoms with Crippen LogP contribution in [-0.2, 0) is 6.42 Å². The molecule has 0 unspecified atom stereocenters. The largest absolute Gasteiger partial charge is 0.398 e. The summed E-state index contributed by atoms with van der Waals surface area (Å²) in [5, 5.41) is 7.70. The summed E-state index contributed by atoms with van der Waals surface area (Å²) in [6.45, 7) is 2.19. The Morgan fingerprint density at radius 3 is 2.24 bits per heavy atom. The van der Waals surface area contributed by atoms with Crippen molar-refractivity contribution in [2.45, 2.75) is 26.2 Å². The maximum Gasteiger partial charge on any atom is 0.0403 e. The first-order chi connectivity index (χ1) is 14.2. The van der Waals surface area contributed by atoms with Crippen LogP contribution in [0.4, 0.5) is 5.69 Å². The Hall–Kier alpha value is -2.84.